The minimum absolute atomic E-state index is 0.00761. The number of ether oxygens (including phenoxy) is 2. The van der Waals surface area contributed by atoms with Crippen LogP contribution in [0.3, 0.4) is 0 Å². The second-order valence-electron chi connectivity index (χ2n) is 11.6. The van der Waals surface area contributed by atoms with E-state index >= 15 is 0 Å². The second-order valence-corrected chi connectivity index (χ2v) is 13.9. The zero-order chi connectivity index (χ0) is 33.3. The van der Waals surface area contributed by atoms with Crippen LogP contribution in [0.5, 0.6) is 0 Å². The van der Waals surface area contributed by atoms with Gasteiger partial charge >= 0.3 is 0 Å². The number of benzene rings is 4. The average Bonchev–Trinajstić information content (AvgIpc) is 3.56. The Morgan fingerprint density at radius 2 is 1.60 bits per heavy atom. The molecule has 1 fully saturated rings. The maximum atomic E-state index is 12.4. The number of rotatable bonds is 13. The third kappa shape index (κ3) is 8.67. The van der Waals surface area contributed by atoms with E-state index in [9.17, 15) is 14.7 Å². The molecule has 0 unspecified atom stereocenters. The van der Waals surface area contributed by atoms with Gasteiger partial charge in [-0.2, -0.15) is 0 Å². The van der Waals surface area contributed by atoms with E-state index in [-0.39, 0.29) is 37.6 Å². The molecule has 1 aromatic heterocycles. The van der Waals surface area contributed by atoms with Crippen LogP contribution >= 0.6 is 23.1 Å². The molecule has 0 aliphatic carbocycles. The van der Waals surface area contributed by atoms with Gasteiger partial charge < -0.3 is 19.9 Å². The van der Waals surface area contributed by atoms with Crippen molar-refractivity contribution in [3.05, 3.63) is 119 Å². The van der Waals surface area contributed by atoms with E-state index in [4.69, 9.17) is 19.7 Å². The Morgan fingerprint density at radius 3 is 2.38 bits per heavy atom. The van der Waals surface area contributed by atoms with Gasteiger partial charge in [-0.25, -0.2) is 10.5 Å². The number of fused-ring (bicyclic) bond motifs is 1. The fraction of sp³-hybridized carbons (Fsp3) is 0.270. The molecule has 5 aromatic rings. The lowest BCUT2D eigenvalue weighted by molar-refractivity contribution is -0.245. The Balaban J connectivity index is 1.15. The molecule has 0 spiro atoms. The number of thioether (sulfide) groups is 1. The number of para-hydroxylation sites is 1. The number of carbonyl (C=O) groups excluding carboxylic acids is 2. The quantitative estimate of drug-likeness (QED) is 0.0589. The molecule has 9 nitrogen and oxygen atoms in total. The van der Waals surface area contributed by atoms with Crippen molar-refractivity contribution in [2.75, 3.05) is 5.75 Å². The molecule has 248 valence electrons. The van der Waals surface area contributed by atoms with Crippen LogP contribution in [0.15, 0.2) is 101 Å². The minimum Gasteiger partial charge on any atom is -0.392 e. The van der Waals surface area contributed by atoms with Crippen LogP contribution in [-0.4, -0.2) is 39.0 Å². The average molecular weight is 684 g/mol. The number of carbonyl (C=O) groups is 2. The molecule has 4 N–H and O–H groups in total. The highest BCUT2D eigenvalue weighted by Gasteiger charge is 2.32. The summed E-state index contributed by atoms with van der Waals surface area (Å²) in [5.74, 6) is 0.0668. The van der Waals surface area contributed by atoms with Crippen molar-refractivity contribution < 1.29 is 29.4 Å². The number of aliphatic hydroxyl groups is 1. The van der Waals surface area contributed by atoms with E-state index in [1.807, 2.05) is 91.0 Å². The number of aliphatic hydroxyl groups excluding tert-OH is 1. The summed E-state index contributed by atoms with van der Waals surface area (Å²) < 4.78 is 15.3. The summed E-state index contributed by atoms with van der Waals surface area (Å²) in [4.78, 5) is 28.4. The van der Waals surface area contributed by atoms with Gasteiger partial charge in [-0.1, -0.05) is 96.7 Å². The van der Waals surface area contributed by atoms with Crippen LogP contribution in [0, 0.1) is 0 Å². The molecule has 48 heavy (non-hydrogen) atoms. The van der Waals surface area contributed by atoms with Gasteiger partial charge in [0.2, 0.25) is 11.8 Å². The number of hydrogen-bond donors (Lipinski definition) is 4. The number of aromatic nitrogens is 1. The van der Waals surface area contributed by atoms with Crippen molar-refractivity contribution >= 4 is 45.1 Å². The van der Waals surface area contributed by atoms with Gasteiger partial charge in [-0.15, -0.1) is 11.3 Å². The number of nitrogens with zero attached hydrogens (tertiary/aromatic N) is 1. The standard InChI is InChI=1S/C37H37N3O6S2/c41-22-24-12-14-26(15-13-24)32-20-29(23-47-37-39-31-8-3-4-9-33(31)48-37)45-36(46-32)27-18-16-25(17-19-27)30-7-2-1-6-28(30)21-38-34(42)10-5-11-35(43)40-44/h1-4,6-9,12-19,29,32,36,41,44H,5,10-11,20-23H2,(H,38,42)(H,40,43)/t29-,32+,36+/m1/s1. The van der Waals surface area contributed by atoms with Gasteiger partial charge in [-0.3, -0.25) is 14.8 Å². The summed E-state index contributed by atoms with van der Waals surface area (Å²) in [5, 5.41) is 21.1. The van der Waals surface area contributed by atoms with E-state index in [1.165, 1.54) is 4.70 Å². The fourth-order valence-corrected chi connectivity index (χ4v) is 7.74. The van der Waals surface area contributed by atoms with Crippen molar-refractivity contribution in [3.63, 3.8) is 0 Å². The first-order valence-corrected chi connectivity index (χ1v) is 17.7. The van der Waals surface area contributed by atoms with Gasteiger partial charge in [0.1, 0.15) is 0 Å². The summed E-state index contributed by atoms with van der Waals surface area (Å²) in [7, 11) is 0. The van der Waals surface area contributed by atoms with Gasteiger partial charge in [0.25, 0.3) is 0 Å². The largest absolute Gasteiger partial charge is 0.392 e. The van der Waals surface area contributed by atoms with Crippen molar-refractivity contribution in [2.45, 2.75) is 61.7 Å². The molecule has 4 aromatic carbocycles. The monoisotopic (exact) mass is 683 g/mol. The van der Waals surface area contributed by atoms with Crippen molar-refractivity contribution in [1.29, 1.82) is 0 Å². The first-order chi connectivity index (χ1) is 23.5. The minimum atomic E-state index is -0.571. The lowest BCUT2D eigenvalue weighted by Gasteiger charge is -2.36. The number of thiazole rings is 1. The molecule has 0 saturated carbocycles. The predicted molar refractivity (Wildman–Crippen MR) is 186 cm³/mol. The first kappa shape index (κ1) is 33.8. The summed E-state index contributed by atoms with van der Waals surface area (Å²) in [6.07, 6.45) is 0.490. The van der Waals surface area contributed by atoms with Gasteiger partial charge in [0.05, 0.1) is 29.0 Å². The number of hydrogen-bond acceptors (Lipinski definition) is 9. The zero-order valence-corrected chi connectivity index (χ0v) is 27.8. The highest BCUT2D eigenvalue weighted by molar-refractivity contribution is 8.01. The molecule has 6 rings (SSSR count). The highest BCUT2D eigenvalue weighted by atomic mass is 32.2. The first-order valence-electron chi connectivity index (χ1n) is 15.9. The molecular weight excluding hydrogens is 647 g/mol. The molecule has 1 aliphatic heterocycles. The normalized spacial score (nSPS) is 17.7. The summed E-state index contributed by atoms with van der Waals surface area (Å²) >= 11 is 3.39. The summed E-state index contributed by atoms with van der Waals surface area (Å²) in [6.45, 7) is 0.342. The van der Waals surface area contributed by atoms with E-state index in [1.54, 1.807) is 28.6 Å². The number of amides is 2. The zero-order valence-electron chi connectivity index (χ0n) is 26.2. The molecule has 2 amide bonds. The number of nitrogens with one attached hydrogen (secondary N) is 2. The lowest BCUT2D eigenvalue weighted by atomic mass is 9.97. The van der Waals surface area contributed by atoms with Crippen molar-refractivity contribution in [1.82, 2.24) is 15.8 Å². The number of hydroxylamine groups is 1. The van der Waals surface area contributed by atoms with Gasteiger partial charge in [-0.05, 0) is 46.4 Å². The van der Waals surface area contributed by atoms with E-state index in [0.717, 1.165) is 49.0 Å². The van der Waals surface area contributed by atoms with Crippen LogP contribution in [0.1, 0.15) is 60.3 Å². The summed E-state index contributed by atoms with van der Waals surface area (Å²) in [5.41, 5.74) is 8.36. The smallest absolute Gasteiger partial charge is 0.243 e. The van der Waals surface area contributed by atoms with E-state index in [0.29, 0.717) is 19.4 Å². The molecule has 11 heteroatoms. The van der Waals surface area contributed by atoms with Crippen molar-refractivity contribution in [3.8, 4) is 11.1 Å². The Labute approximate surface area is 287 Å². The van der Waals surface area contributed by atoms with Crippen LogP contribution < -0.4 is 10.8 Å². The highest BCUT2D eigenvalue weighted by Crippen LogP contribution is 2.40. The SMILES string of the molecule is O=C(CCCC(=O)NCc1ccccc1-c1ccc([C@H]2O[C@@H](CSc3nc4ccccc4s3)C[C@@H](c3ccc(CO)cc3)O2)cc1)NO. The van der Waals surface area contributed by atoms with Crippen LogP contribution in [-0.2, 0) is 32.2 Å². The van der Waals surface area contributed by atoms with Crippen molar-refractivity contribution in [2.24, 2.45) is 0 Å². The molecule has 1 saturated heterocycles. The Kier molecular flexibility index (Phi) is 11.5. The predicted octanol–water partition coefficient (Wildman–Crippen LogP) is 7.09. The molecule has 0 radical (unpaired) electrons. The van der Waals surface area contributed by atoms with E-state index < -0.39 is 12.2 Å². The van der Waals surface area contributed by atoms with Crippen LogP contribution in [0.2, 0.25) is 0 Å². The lowest BCUT2D eigenvalue weighted by Crippen LogP contribution is -2.31. The fourth-order valence-electron chi connectivity index (χ4n) is 5.62. The van der Waals surface area contributed by atoms with Crippen LogP contribution in [0.25, 0.3) is 21.3 Å². The molecular formula is C37H37N3O6S2. The molecule has 2 heterocycles. The molecule has 1 aliphatic rings. The third-order valence-corrected chi connectivity index (χ3v) is 10.5. The van der Waals surface area contributed by atoms with Gasteiger partial charge in [0, 0.05) is 37.1 Å². The Hall–Kier alpha value is -4.10. The second kappa shape index (κ2) is 16.3. The Bertz CT molecular complexity index is 1800. The van der Waals surface area contributed by atoms with E-state index in [2.05, 4.69) is 11.4 Å². The molecule has 0 bridgehead atoms. The molecule has 3 atom stereocenters. The topological polar surface area (TPSA) is 130 Å². The van der Waals surface area contributed by atoms with Crippen LogP contribution in [0.4, 0.5) is 0 Å². The third-order valence-electron chi connectivity index (χ3n) is 8.20. The summed E-state index contributed by atoms with van der Waals surface area (Å²) in [6, 6.07) is 32.1. The van der Waals surface area contributed by atoms with Gasteiger partial charge in [0.15, 0.2) is 10.6 Å². The maximum Gasteiger partial charge on any atom is 0.243 e. The Morgan fingerprint density at radius 1 is 0.875 bits per heavy atom. The maximum absolute atomic E-state index is 12.4.